The molecule has 0 saturated carbocycles. The average molecular weight is 340 g/mol. The van der Waals surface area contributed by atoms with Gasteiger partial charge >= 0.3 is 0 Å². The highest BCUT2D eigenvalue weighted by atomic mass is 32.2. The number of ether oxygens (including phenoxy) is 2. The lowest BCUT2D eigenvalue weighted by Gasteiger charge is -2.30. The summed E-state index contributed by atoms with van der Waals surface area (Å²) in [6, 6.07) is 5.67. The van der Waals surface area contributed by atoms with Gasteiger partial charge in [-0.1, -0.05) is 0 Å². The summed E-state index contributed by atoms with van der Waals surface area (Å²) >= 11 is 1.77. The Morgan fingerprint density at radius 3 is 3.17 bits per heavy atom. The molecule has 0 saturated heterocycles. The number of carbonyl (C=O) groups excluding carboxylic acids is 1. The van der Waals surface area contributed by atoms with E-state index in [4.69, 9.17) is 9.47 Å². The summed E-state index contributed by atoms with van der Waals surface area (Å²) in [6.45, 7) is 1.27. The van der Waals surface area contributed by atoms with Crippen molar-refractivity contribution in [3.63, 3.8) is 0 Å². The molecule has 6 heteroatoms. The van der Waals surface area contributed by atoms with Crippen LogP contribution in [0.4, 0.5) is 0 Å². The van der Waals surface area contributed by atoms with Crippen molar-refractivity contribution >= 4 is 22.5 Å². The summed E-state index contributed by atoms with van der Waals surface area (Å²) < 4.78 is 13.4. The summed E-state index contributed by atoms with van der Waals surface area (Å²) in [4.78, 5) is 18.9. The van der Waals surface area contributed by atoms with Crippen molar-refractivity contribution in [3.05, 3.63) is 47.4 Å². The molecule has 0 radical (unpaired) electrons. The SMILES string of the molecule is COc1ccc2c(n1)C1(CO2)C(=O)C=C2SCCCn3ccc1c32. The minimum absolute atomic E-state index is 0.0525. The number of methoxy groups -OCH3 is 1. The Labute approximate surface area is 143 Å². The molecule has 2 aliphatic heterocycles. The van der Waals surface area contributed by atoms with Crippen molar-refractivity contribution in [2.75, 3.05) is 19.5 Å². The van der Waals surface area contributed by atoms with E-state index < -0.39 is 5.41 Å². The largest absolute Gasteiger partial charge is 0.490 e. The van der Waals surface area contributed by atoms with Crippen LogP contribution in [0, 0.1) is 0 Å². The van der Waals surface area contributed by atoms with Gasteiger partial charge in [-0.15, -0.1) is 11.8 Å². The molecule has 0 amide bonds. The van der Waals surface area contributed by atoms with E-state index in [1.54, 1.807) is 31.0 Å². The number of allylic oxidation sites excluding steroid dienone is 1. The van der Waals surface area contributed by atoms with Crippen molar-refractivity contribution in [3.8, 4) is 11.6 Å². The highest BCUT2D eigenvalue weighted by molar-refractivity contribution is 8.08. The van der Waals surface area contributed by atoms with Gasteiger partial charge in [-0.05, 0) is 30.4 Å². The molecule has 1 unspecified atom stereocenters. The van der Waals surface area contributed by atoms with E-state index in [1.165, 1.54) is 0 Å². The Bertz CT molecular complexity index is 902. The molecule has 1 atom stereocenters. The van der Waals surface area contributed by atoms with E-state index >= 15 is 0 Å². The fraction of sp³-hybridized carbons (Fsp3) is 0.333. The predicted molar refractivity (Wildman–Crippen MR) is 91.6 cm³/mol. The number of nitrogens with zero attached hydrogens (tertiary/aromatic N) is 2. The Balaban J connectivity index is 1.79. The first-order chi connectivity index (χ1) is 11.7. The number of hydrogen-bond donors (Lipinski definition) is 0. The van der Waals surface area contributed by atoms with Crippen LogP contribution < -0.4 is 9.47 Å². The van der Waals surface area contributed by atoms with Gasteiger partial charge in [0.05, 0.1) is 12.8 Å². The Kier molecular flexibility index (Phi) is 2.89. The molecule has 0 aromatic carbocycles. The summed E-state index contributed by atoms with van der Waals surface area (Å²) in [6.07, 6.45) is 4.97. The first kappa shape index (κ1) is 14.2. The van der Waals surface area contributed by atoms with Gasteiger partial charge in [0.1, 0.15) is 23.5 Å². The molecule has 1 spiro atoms. The third-order valence-electron chi connectivity index (χ3n) is 5.03. The van der Waals surface area contributed by atoms with Crippen molar-refractivity contribution in [1.29, 1.82) is 0 Å². The van der Waals surface area contributed by atoms with Crippen LogP contribution >= 0.6 is 11.8 Å². The highest BCUT2D eigenvalue weighted by Crippen LogP contribution is 2.51. The number of aryl methyl sites for hydroxylation is 1. The summed E-state index contributed by atoms with van der Waals surface area (Å²) in [5, 5.41) is 0. The minimum atomic E-state index is -0.848. The van der Waals surface area contributed by atoms with Gasteiger partial charge in [0, 0.05) is 29.3 Å². The lowest BCUT2D eigenvalue weighted by molar-refractivity contribution is -0.119. The average Bonchev–Trinajstić information content (AvgIpc) is 3.13. The van der Waals surface area contributed by atoms with Gasteiger partial charge in [-0.25, -0.2) is 4.98 Å². The van der Waals surface area contributed by atoms with Gasteiger partial charge in [0.15, 0.2) is 5.78 Å². The van der Waals surface area contributed by atoms with E-state index in [-0.39, 0.29) is 5.78 Å². The van der Waals surface area contributed by atoms with E-state index in [0.29, 0.717) is 23.9 Å². The van der Waals surface area contributed by atoms with Gasteiger partial charge < -0.3 is 14.0 Å². The molecule has 5 nitrogen and oxygen atoms in total. The Morgan fingerprint density at radius 2 is 2.29 bits per heavy atom. The first-order valence-corrected chi connectivity index (χ1v) is 9.00. The molecule has 3 aliphatic rings. The van der Waals surface area contributed by atoms with Crippen LogP contribution in [-0.2, 0) is 16.8 Å². The van der Waals surface area contributed by atoms with Crippen LogP contribution in [0.2, 0.25) is 0 Å². The molecule has 0 fully saturated rings. The number of pyridine rings is 1. The maximum Gasteiger partial charge on any atom is 0.213 e. The fourth-order valence-electron chi connectivity index (χ4n) is 3.86. The second kappa shape index (κ2) is 4.89. The molecule has 5 rings (SSSR count). The quantitative estimate of drug-likeness (QED) is 0.799. The number of carbonyl (C=O) groups is 1. The molecule has 0 bridgehead atoms. The Morgan fingerprint density at radius 1 is 1.38 bits per heavy atom. The van der Waals surface area contributed by atoms with Gasteiger partial charge in [0.2, 0.25) is 5.88 Å². The van der Waals surface area contributed by atoms with Crippen molar-refractivity contribution in [1.82, 2.24) is 9.55 Å². The number of ketones is 1. The zero-order valence-corrected chi connectivity index (χ0v) is 14.1. The monoisotopic (exact) mass is 340 g/mol. The van der Waals surface area contributed by atoms with E-state index in [2.05, 4.69) is 21.8 Å². The summed E-state index contributed by atoms with van der Waals surface area (Å²) in [7, 11) is 1.58. The maximum atomic E-state index is 13.2. The van der Waals surface area contributed by atoms with Gasteiger partial charge in [0.25, 0.3) is 0 Å². The van der Waals surface area contributed by atoms with Crippen LogP contribution in [0.1, 0.15) is 23.4 Å². The fourth-order valence-corrected chi connectivity index (χ4v) is 4.91. The number of aromatic nitrogens is 2. The predicted octanol–water partition coefficient (Wildman–Crippen LogP) is 2.63. The molecule has 2 aromatic heterocycles. The third kappa shape index (κ3) is 1.66. The van der Waals surface area contributed by atoms with E-state index in [0.717, 1.165) is 34.9 Å². The number of rotatable bonds is 1. The molecular formula is C18H16N2O3S. The molecular weight excluding hydrogens is 324 g/mol. The lowest BCUT2D eigenvalue weighted by atomic mass is 9.72. The van der Waals surface area contributed by atoms with Crippen LogP contribution in [-0.4, -0.2) is 34.8 Å². The zero-order chi connectivity index (χ0) is 16.3. The highest BCUT2D eigenvalue weighted by Gasteiger charge is 2.53. The van der Waals surface area contributed by atoms with Gasteiger partial charge in [-0.2, -0.15) is 0 Å². The van der Waals surface area contributed by atoms with Crippen LogP contribution in [0.25, 0.3) is 4.91 Å². The van der Waals surface area contributed by atoms with Crippen molar-refractivity contribution in [2.24, 2.45) is 0 Å². The molecule has 24 heavy (non-hydrogen) atoms. The maximum absolute atomic E-state index is 13.2. The number of hydrogen-bond acceptors (Lipinski definition) is 5. The summed E-state index contributed by atoms with van der Waals surface area (Å²) in [5.41, 5.74) is 1.99. The van der Waals surface area contributed by atoms with Crippen molar-refractivity contribution < 1.29 is 14.3 Å². The second-order valence-corrected chi connectivity index (χ2v) is 7.38. The zero-order valence-electron chi connectivity index (χ0n) is 13.2. The van der Waals surface area contributed by atoms with E-state index in [1.807, 2.05) is 6.07 Å². The number of thioether (sulfide) groups is 1. The van der Waals surface area contributed by atoms with Crippen LogP contribution in [0.3, 0.4) is 0 Å². The molecule has 2 aromatic rings. The molecule has 0 N–H and O–H groups in total. The van der Waals surface area contributed by atoms with Crippen LogP contribution in [0.5, 0.6) is 11.6 Å². The molecule has 122 valence electrons. The molecule has 4 heterocycles. The smallest absolute Gasteiger partial charge is 0.213 e. The summed E-state index contributed by atoms with van der Waals surface area (Å²) in [5.74, 6) is 2.26. The molecule has 1 aliphatic carbocycles. The number of fused-ring (bicyclic) bond motifs is 3. The second-order valence-electron chi connectivity index (χ2n) is 6.24. The van der Waals surface area contributed by atoms with Crippen molar-refractivity contribution in [2.45, 2.75) is 18.4 Å². The normalized spacial score (nSPS) is 24.0. The minimum Gasteiger partial charge on any atom is -0.490 e. The van der Waals surface area contributed by atoms with Crippen LogP contribution in [0.15, 0.2) is 30.5 Å². The van der Waals surface area contributed by atoms with Gasteiger partial charge in [-0.3, -0.25) is 4.79 Å². The lowest BCUT2D eigenvalue weighted by Crippen LogP contribution is -2.41. The first-order valence-electron chi connectivity index (χ1n) is 8.01. The topological polar surface area (TPSA) is 53.4 Å². The van der Waals surface area contributed by atoms with E-state index in [9.17, 15) is 4.79 Å². The third-order valence-corrected chi connectivity index (χ3v) is 6.15. The standard InChI is InChI=1S/C18H16N2O3S/c1-22-15-4-3-12-17(19-15)18(10-23-12)11-5-7-20-6-2-8-24-13(16(11)20)9-14(18)21/h3-5,7,9H,2,6,8,10H2,1H3. The Hall–Kier alpha value is -2.21.